The summed E-state index contributed by atoms with van der Waals surface area (Å²) in [5, 5.41) is 29.1. The molecule has 4 rings (SSSR count). The van der Waals surface area contributed by atoms with E-state index in [0.717, 1.165) is 4.68 Å². The number of hydrogen-bond donors (Lipinski definition) is 2. The third-order valence-corrected chi connectivity index (χ3v) is 5.58. The van der Waals surface area contributed by atoms with E-state index >= 15 is 0 Å². The molecule has 8 nitrogen and oxygen atoms in total. The number of nitrogens with zero attached hydrogens (tertiary/aromatic N) is 3. The van der Waals surface area contributed by atoms with E-state index in [1.54, 1.807) is 72.8 Å². The van der Waals surface area contributed by atoms with Crippen LogP contribution < -0.4 is 10.3 Å². The Hall–Kier alpha value is -3.75. The van der Waals surface area contributed by atoms with Crippen molar-refractivity contribution in [3.63, 3.8) is 0 Å². The van der Waals surface area contributed by atoms with E-state index in [1.807, 2.05) is 0 Å². The van der Waals surface area contributed by atoms with Crippen LogP contribution in [0, 0.1) is 5.92 Å². The number of carboxylic acids is 1. The molecule has 2 N–H and O–H groups in total. The normalized spacial score (nSPS) is 12.9. The van der Waals surface area contributed by atoms with Gasteiger partial charge in [0.05, 0.1) is 22.4 Å². The summed E-state index contributed by atoms with van der Waals surface area (Å²) in [5.41, 5.74) is 0.513. The number of aliphatic hydroxyl groups is 1. The van der Waals surface area contributed by atoms with E-state index in [0.29, 0.717) is 33.0 Å². The third-order valence-electron chi connectivity index (χ3n) is 5.27. The lowest BCUT2D eigenvalue weighted by atomic mass is 9.93. The third kappa shape index (κ3) is 5.02. The summed E-state index contributed by atoms with van der Waals surface area (Å²) in [6, 6.07) is 20.2. The molecule has 0 spiro atoms. The Morgan fingerprint density at radius 1 is 1.03 bits per heavy atom. The van der Waals surface area contributed by atoms with Crippen molar-refractivity contribution in [2.45, 2.75) is 19.1 Å². The van der Waals surface area contributed by atoms with Crippen molar-refractivity contribution in [2.75, 3.05) is 0 Å². The number of rotatable bonds is 8. The number of benzene rings is 3. The molecule has 0 bridgehead atoms. The molecule has 168 valence electrons. The van der Waals surface area contributed by atoms with Crippen LogP contribution in [0.3, 0.4) is 0 Å². The van der Waals surface area contributed by atoms with Gasteiger partial charge in [0.25, 0.3) is 5.56 Å². The Labute approximate surface area is 193 Å². The molecule has 0 unspecified atom stereocenters. The highest BCUT2D eigenvalue weighted by Crippen LogP contribution is 2.31. The maximum atomic E-state index is 12.6. The number of para-hydroxylation sites is 1. The van der Waals surface area contributed by atoms with E-state index < -0.39 is 18.0 Å². The van der Waals surface area contributed by atoms with E-state index in [-0.39, 0.29) is 18.5 Å². The first-order chi connectivity index (χ1) is 15.9. The fourth-order valence-corrected chi connectivity index (χ4v) is 3.64. The molecule has 0 fully saturated rings. The van der Waals surface area contributed by atoms with Gasteiger partial charge in [-0.25, -0.2) is 4.68 Å². The quantitative estimate of drug-likeness (QED) is 0.403. The number of fused-ring (bicyclic) bond motifs is 1. The molecule has 4 aromatic rings. The molecule has 33 heavy (non-hydrogen) atoms. The Bertz CT molecular complexity index is 1340. The average molecular weight is 466 g/mol. The van der Waals surface area contributed by atoms with Gasteiger partial charge in [-0.05, 0) is 48.4 Å². The summed E-state index contributed by atoms with van der Waals surface area (Å²) >= 11 is 6.10. The van der Waals surface area contributed by atoms with Crippen LogP contribution in [0.15, 0.2) is 77.6 Å². The monoisotopic (exact) mass is 465 g/mol. The Balaban J connectivity index is 1.48. The van der Waals surface area contributed by atoms with E-state index in [4.69, 9.17) is 16.3 Å². The van der Waals surface area contributed by atoms with Crippen LogP contribution in [-0.4, -0.2) is 31.2 Å². The van der Waals surface area contributed by atoms with E-state index in [2.05, 4.69) is 10.3 Å². The SMILES string of the molecule is O=C(O)[C@@H](CCn1nnc2ccccc2c1=O)[C@H](O)c1ccc(Oc2ccccc2Cl)cc1. The molecule has 0 aliphatic rings. The van der Waals surface area contributed by atoms with E-state index in [1.165, 1.54) is 0 Å². The largest absolute Gasteiger partial charge is 0.481 e. The van der Waals surface area contributed by atoms with Crippen LogP contribution in [0.4, 0.5) is 0 Å². The number of hydrogen-bond acceptors (Lipinski definition) is 6. The van der Waals surface area contributed by atoms with Crippen molar-refractivity contribution >= 4 is 28.5 Å². The van der Waals surface area contributed by atoms with Gasteiger partial charge in [0.1, 0.15) is 17.0 Å². The standard InChI is InChI=1S/C24H20ClN3O5/c25-19-6-2-4-8-21(19)33-16-11-9-15(10-12-16)22(29)18(24(31)32)13-14-28-23(30)17-5-1-3-7-20(17)26-27-28/h1-12,18,22,29H,13-14H2,(H,31,32)/t18-,22+/m0/s1. The molecule has 1 aromatic heterocycles. The van der Waals surface area contributed by atoms with Gasteiger partial charge in [0.15, 0.2) is 0 Å². The Morgan fingerprint density at radius 2 is 1.73 bits per heavy atom. The summed E-state index contributed by atoms with van der Waals surface area (Å²) in [5.74, 6) is -1.36. The van der Waals surface area contributed by atoms with Crippen LogP contribution in [0.2, 0.25) is 5.02 Å². The molecule has 0 saturated heterocycles. The second-order valence-electron chi connectivity index (χ2n) is 7.41. The number of aryl methyl sites for hydroxylation is 1. The van der Waals surface area contributed by atoms with Gasteiger partial charge in [-0.2, -0.15) is 0 Å². The molecule has 0 aliphatic heterocycles. The number of carbonyl (C=O) groups is 1. The smallest absolute Gasteiger partial charge is 0.309 e. The van der Waals surface area contributed by atoms with Gasteiger partial charge < -0.3 is 14.9 Å². The van der Waals surface area contributed by atoms with Crippen molar-refractivity contribution in [2.24, 2.45) is 5.92 Å². The topological polar surface area (TPSA) is 115 Å². The minimum atomic E-state index is -1.29. The molecule has 0 saturated carbocycles. The first-order valence-electron chi connectivity index (χ1n) is 10.2. The first kappa shape index (κ1) is 22.4. The maximum Gasteiger partial charge on any atom is 0.309 e. The van der Waals surface area contributed by atoms with Crippen molar-refractivity contribution in [3.05, 3.63) is 93.7 Å². The van der Waals surface area contributed by atoms with Crippen molar-refractivity contribution in [3.8, 4) is 11.5 Å². The molecule has 1 heterocycles. The van der Waals surface area contributed by atoms with Gasteiger partial charge in [0.2, 0.25) is 0 Å². The van der Waals surface area contributed by atoms with Gasteiger partial charge >= 0.3 is 5.97 Å². The molecular formula is C24H20ClN3O5. The minimum absolute atomic E-state index is 0.00159. The molecule has 0 amide bonds. The molecule has 0 radical (unpaired) electrons. The second kappa shape index (κ2) is 9.81. The first-order valence-corrected chi connectivity index (χ1v) is 10.6. The van der Waals surface area contributed by atoms with Crippen LogP contribution in [0.1, 0.15) is 18.1 Å². The fraction of sp³-hybridized carbons (Fsp3) is 0.167. The average Bonchev–Trinajstić information content (AvgIpc) is 2.82. The van der Waals surface area contributed by atoms with Gasteiger partial charge in [-0.15, -0.1) is 5.10 Å². The maximum absolute atomic E-state index is 12.6. The summed E-state index contributed by atoms with van der Waals surface area (Å²) in [4.78, 5) is 24.4. The summed E-state index contributed by atoms with van der Waals surface area (Å²) in [6.45, 7) is -0.00159. The predicted molar refractivity (Wildman–Crippen MR) is 122 cm³/mol. The number of ether oxygens (including phenoxy) is 1. The number of aliphatic hydroxyl groups excluding tert-OH is 1. The van der Waals surface area contributed by atoms with Gasteiger partial charge in [0, 0.05) is 6.54 Å². The van der Waals surface area contributed by atoms with Crippen molar-refractivity contribution in [1.82, 2.24) is 15.0 Å². The highest BCUT2D eigenvalue weighted by Gasteiger charge is 2.28. The predicted octanol–water partition coefficient (Wildman–Crippen LogP) is 4.06. The van der Waals surface area contributed by atoms with Crippen molar-refractivity contribution < 1.29 is 19.7 Å². The summed E-state index contributed by atoms with van der Waals surface area (Å²) < 4.78 is 6.84. The number of aliphatic carboxylic acids is 1. The minimum Gasteiger partial charge on any atom is -0.481 e. The van der Waals surface area contributed by atoms with Crippen LogP contribution in [0.5, 0.6) is 11.5 Å². The fourth-order valence-electron chi connectivity index (χ4n) is 3.47. The number of halogens is 1. The lowest BCUT2D eigenvalue weighted by Gasteiger charge is -2.20. The number of aromatic nitrogens is 3. The van der Waals surface area contributed by atoms with Crippen molar-refractivity contribution in [1.29, 1.82) is 0 Å². The summed E-state index contributed by atoms with van der Waals surface area (Å²) in [6.07, 6.45) is -1.30. The molecule has 9 heteroatoms. The Kier molecular flexibility index (Phi) is 6.67. The molecular weight excluding hydrogens is 446 g/mol. The molecule has 0 aliphatic carbocycles. The lowest BCUT2D eigenvalue weighted by molar-refractivity contribution is -0.146. The highest BCUT2D eigenvalue weighted by atomic mass is 35.5. The molecule has 3 aromatic carbocycles. The van der Waals surface area contributed by atoms with Crippen LogP contribution in [0.25, 0.3) is 10.9 Å². The van der Waals surface area contributed by atoms with E-state index in [9.17, 15) is 19.8 Å². The highest BCUT2D eigenvalue weighted by molar-refractivity contribution is 6.32. The second-order valence-corrected chi connectivity index (χ2v) is 7.82. The van der Waals surface area contributed by atoms with Crippen LogP contribution in [-0.2, 0) is 11.3 Å². The number of carboxylic acid groups (broad SMARTS) is 1. The lowest BCUT2D eigenvalue weighted by Crippen LogP contribution is -2.29. The van der Waals surface area contributed by atoms with Crippen LogP contribution >= 0.6 is 11.6 Å². The molecule has 2 atom stereocenters. The zero-order chi connectivity index (χ0) is 23.4. The van der Waals surface area contributed by atoms with Gasteiger partial charge in [-0.1, -0.05) is 53.2 Å². The zero-order valence-electron chi connectivity index (χ0n) is 17.3. The zero-order valence-corrected chi connectivity index (χ0v) is 18.1. The van der Waals surface area contributed by atoms with Gasteiger partial charge in [-0.3, -0.25) is 9.59 Å². The summed E-state index contributed by atoms with van der Waals surface area (Å²) in [7, 11) is 0. The Morgan fingerprint density at radius 3 is 2.45 bits per heavy atom.